The van der Waals surface area contributed by atoms with E-state index in [9.17, 15) is 9.59 Å². The highest BCUT2D eigenvalue weighted by Crippen LogP contribution is 2.11. The van der Waals surface area contributed by atoms with Gasteiger partial charge >= 0.3 is 0 Å². The van der Waals surface area contributed by atoms with Gasteiger partial charge in [0.1, 0.15) is 0 Å². The van der Waals surface area contributed by atoms with Gasteiger partial charge in [0.05, 0.1) is 0 Å². The zero-order chi connectivity index (χ0) is 15.7. The van der Waals surface area contributed by atoms with Crippen molar-refractivity contribution in [2.45, 2.75) is 40.2 Å². The minimum atomic E-state index is -0.0972. The molecule has 1 aromatic rings. The molecule has 2 N–H and O–H groups in total. The first-order chi connectivity index (χ1) is 10.0. The first-order valence-electron chi connectivity index (χ1n) is 7.37. The van der Waals surface area contributed by atoms with Gasteiger partial charge in [0.25, 0.3) is 0 Å². The Bertz CT molecular complexity index is 507. The Hall–Kier alpha value is -2.10. The number of carbonyl (C=O) groups is 2. The number of rotatable bonds is 7. The Morgan fingerprint density at radius 3 is 2.71 bits per heavy atom. The van der Waals surface area contributed by atoms with Crippen LogP contribution in [0.2, 0.25) is 0 Å². The Morgan fingerprint density at radius 1 is 1.29 bits per heavy atom. The van der Waals surface area contributed by atoms with E-state index in [0.717, 1.165) is 24.1 Å². The smallest absolute Gasteiger partial charge is 0.243 e. The summed E-state index contributed by atoms with van der Waals surface area (Å²) in [5.74, 6) is -0.171. The van der Waals surface area contributed by atoms with Gasteiger partial charge in [-0.15, -0.1) is 0 Å². The molecule has 0 heterocycles. The molecule has 2 amide bonds. The molecule has 0 aliphatic carbocycles. The molecule has 0 saturated carbocycles. The number of anilines is 1. The Morgan fingerprint density at radius 2 is 2.05 bits per heavy atom. The minimum absolute atomic E-state index is 0.0151. The summed E-state index contributed by atoms with van der Waals surface area (Å²) < 4.78 is 0. The zero-order valence-electron chi connectivity index (χ0n) is 13.0. The Balaban J connectivity index is 2.53. The molecule has 4 nitrogen and oxygen atoms in total. The van der Waals surface area contributed by atoms with E-state index in [-0.39, 0.29) is 17.7 Å². The van der Waals surface area contributed by atoms with Crippen molar-refractivity contribution < 1.29 is 9.59 Å². The quantitative estimate of drug-likeness (QED) is 0.757. The second-order valence-electron chi connectivity index (χ2n) is 5.25. The lowest BCUT2D eigenvalue weighted by atomic mass is 10.1. The summed E-state index contributed by atoms with van der Waals surface area (Å²) in [6.07, 6.45) is 5.37. The summed E-state index contributed by atoms with van der Waals surface area (Å²) in [5.41, 5.74) is 1.70. The number of carbonyl (C=O) groups excluding carboxylic acids is 2. The molecule has 0 spiro atoms. The summed E-state index contributed by atoms with van der Waals surface area (Å²) >= 11 is 0. The predicted octanol–water partition coefficient (Wildman–Crippen LogP) is 3.25. The van der Waals surface area contributed by atoms with Crippen LogP contribution in [0.25, 0.3) is 0 Å². The molecule has 4 heteroatoms. The normalized spacial score (nSPS) is 10.9. The molecular formula is C17H24N2O2. The summed E-state index contributed by atoms with van der Waals surface area (Å²) in [6, 6.07) is 7.49. The van der Waals surface area contributed by atoms with Gasteiger partial charge < -0.3 is 10.6 Å². The SMILES string of the molecule is CCC/C=C\C(=O)NCc1cccc(NC(=O)C(C)C)c1. The van der Waals surface area contributed by atoms with Crippen molar-refractivity contribution in [2.24, 2.45) is 5.92 Å². The third-order valence-corrected chi connectivity index (χ3v) is 2.91. The maximum absolute atomic E-state index is 11.6. The number of amides is 2. The molecule has 1 aromatic carbocycles. The van der Waals surface area contributed by atoms with Gasteiger partial charge in [-0.3, -0.25) is 9.59 Å². The van der Waals surface area contributed by atoms with Crippen molar-refractivity contribution in [1.82, 2.24) is 5.32 Å². The fourth-order valence-corrected chi connectivity index (χ4v) is 1.65. The summed E-state index contributed by atoms with van der Waals surface area (Å²) in [4.78, 5) is 23.2. The van der Waals surface area contributed by atoms with Crippen LogP contribution in [0.3, 0.4) is 0 Å². The van der Waals surface area contributed by atoms with Crippen LogP contribution < -0.4 is 10.6 Å². The van der Waals surface area contributed by atoms with E-state index in [1.165, 1.54) is 0 Å². The highest BCUT2D eigenvalue weighted by Gasteiger charge is 2.07. The lowest BCUT2D eigenvalue weighted by Crippen LogP contribution is -2.21. The zero-order valence-corrected chi connectivity index (χ0v) is 13.0. The van der Waals surface area contributed by atoms with Crippen LogP contribution in [0, 0.1) is 5.92 Å². The van der Waals surface area contributed by atoms with Gasteiger partial charge in [-0.2, -0.15) is 0 Å². The summed E-state index contributed by atoms with van der Waals surface area (Å²) in [5, 5.41) is 5.67. The lowest BCUT2D eigenvalue weighted by Gasteiger charge is -2.09. The molecule has 114 valence electrons. The molecule has 0 fully saturated rings. The van der Waals surface area contributed by atoms with E-state index < -0.39 is 0 Å². The largest absolute Gasteiger partial charge is 0.348 e. The number of unbranched alkanes of at least 4 members (excludes halogenated alkanes) is 1. The van der Waals surface area contributed by atoms with E-state index in [2.05, 4.69) is 17.6 Å². The predicted molar refractivity (Wildman–Crippen MR) is 85.8 cm³/mol. The van der Waals surface area contributed by atoms with Crippen LogP contribution >= 0.6 is 0 Å². The molecule has 0 aliphatic heterocycles. The van der Waals surface area contributed by atoms with Crippen molar-refractivity contribution in [3.05, 3.63) is 42.0 Å². The highest BCUT2D eigenvalue weighted by atomic mass is 16.2. The van der Waals surface area contributed by atoms with E-state index in [1.54, 1.807) is 6.08 Å². The number of benzene rings is 1. The van der Waals surface area contributed by atoms with Crippen LogP contribution in [0.1, 0.15) is 39.2 Å². The average Bonchev–Trinajstić information content (AvgIpc) is 2.45. The number of allylic oxidation sites excluding steroid dienone is 1. The standard InChI is InChI=1S/C17H24N2O2/c1-4-5-6-10-16(20)18-12-14-8-7-9-15(11-14)19-17(21)13(2)3/h6-11,13H,4-5,12H2,1-3H3,(H,18,20)(H,19,21)/b10-6-. The molecule has 0 radical (unpaired) electrons. The first kappa shape index (κ1) is 17.0. The van der Waals surface area contributed by atoms with Crippen LogP contribution in [0.5, 0.6) is 0 Å². The number of hydrogen-bond donors (Lipinski definition) is 2. The van der Waals surface area contributed by atoms with E-state index in [4.69, 9.17) is 0 Å². The molecular weight excluding hydrogens is 264 g/mol. The van der Waals surface area contributed by atoms with Gasteiger partial charge in [-0.1, -0.05) is 45.4 Å². The van der Waals surface area contributed by atoms with Crippen molar-refractivity contribution >= 4 is 17.5 Å². The molecule has 0 aromatic heterocycles. The van der Waals surface area contributed by atoms with Gasteiger partial charge in [0, 0.05) is 18.2 Å². The molecule has 0 bridgehead atoms. The van der Waals surface area contributed by atoms with Gasteiger partial charge in [-0.25, -0.2) is 0 Å². The van der Waals surface area contributed by atoms with Crippen LogP contribution in [0.15, 0.2) is 36.4 Å². The second-order valence-corrected chi connectivity index (χ2v) is 5.25. The highest BCUT2D eigenvalue weighted by molar-refractivity contribution is 5.92. The van der Waals surface area contributed by atoms with Crippen molar-refractivity contribution in [3.63, 3.8) is 0 Å². The van der Waals surface area contributed by atoms with Gasteiger partial charge in [0.15, 0.2) is 0 Å². The Labute approximate surface area is 126 Å². The van der Waals surface area contributed by atoms with Crippen molar-refractivity contribution in [1.29, 1.82) is 0 Å². The van der Waals surface area contributed by atoms with E-state index >= 15 is 0 Å². The number of nitrogens with one attached hydrogen (secondary N) is 2. The van der Waals surface area contributed by atoms with Crippen molar-refractivity contribution in [3.8, 4) is 0 Å². The number of hydrogen-bond acceptors (Lipinski definition) is 2. The third kappa shape index (κ3) is 6.75. The van der Waals surface area contributed by atoms with Gasteiger partial charge in [0.2, 0.25) is 11.8 Å². The molecule has 0 saturated heterocycles. The second kappa shape index (κ2) is 8.95. The Kier molecular flexibility index (Phi) is 7.23. The maximum atomic E-state index is 11.6. The fourth-order valence-electron chi connectivity index (χ4n) is 1.65. The fraction of sp³-hybridized carbons (Fsp3) is 0.412. The first-order valence-corrected chi connectivity index (χ1v) is 7.37. The van der Waals surface area contributed by atoms with Crippen LogP contribution in [0.4, 0.5) is 5.69 Å². The molecule has 0 aliphatic rings. The molecule has 0 unspecified atom stereocenters. The summed E-state index contributed by atoms with van der Waals surface area (Å²) in [7, 11) is 0. The van der Waals surface area contributed by atoms with E-state index in [1.807, 2.05) is 44.2 Å². The summed E-state index contributed by atoms with van der Waals surface area (Å²) in [6.45, 7) is 6.21. The van der Waals surface area contributed by atoms with Crippen molar-refractivity contribution in [2.75, 3.05) is 5.32 Å². The molecule has 0 atom stereocenters. The van der Waals surface area contributed by atoms with E-state index in [0.29, 0.717) is 6.54 Å². The average molecular weight is 288 g/mol. The minimum Gasteiger partial charge on any atom is -0.348 e. The van der Waals surface area contributed by atoms with Crippen LogP contribution in [-0.2, 0) is 16.1 Å². The third-order valence-electron chi connectivity index (χ3n) is 2.91. The van der Waals surface area contributed by atoms with Gasteiger partial charge in [-0.05, 0) is 30.2 Å². The maximum Gasteiger partial charge on any atom is 0.243 e. The monoisotopic (exact) mass is 288 g/mol. The lowest BCUT2D eigenvalue weighted by molar-refractivity contribution is -0.119. The topological polar surface area (TPSA) is 58.2 Å². The molecule has 1 rings (SSSR count). The van der Waals surface area contributed by atoms with Crippen LogP contribution in [-0.4, -0.2) is 11.8 Å². The molecule has 21 heavy (non-hydrogen) atoms.